The minimum Gasteiger partial charge on any atom is -0.385 e. The van der Waals surface area contributed by atoms with E-state index in [1.807, 2.05) is 18.2 Å². The summed E-state index contributed by atoms with van der Waals surface area (Å²) in [5.41, 5.74) is 1.23. The van der Waals surface area contributed by atoms with Gasteiger partial charge in [-0.25, -0.2) is 0 Å². The van der Waals surface area contributed by atoms with Gasteiger partial charge in [0.15, 0.2) is 0 Å². The average molecular weight is 325 g/mol. The van der Waals surface area contributed by atoms with Crippen molar-refractivity contribution < 1.29 is 9.53 Å². The second-order valence-corrected chi connectivity index (χ2v) is 6.25. The number of methoxy groups -OCH3 is 1. The summed E-state index contributed by atoms with van der Waals surface area (Å²) in [6.45, 7) is 4.22. The van der Waals surface area contributed by atoms with Gasteiger partial charge in [-0.3, -0.25) is 9.69 Å². The zero-order valence-electron chi connectivity index (χ0n) is 13.2. The SMILES string of the molecule is COCCCNC(=O)C1CCN(Cc2cccc(Cl)c2)CC1. The molecule has 0 aliphatic carbocycles. The molecule has 1 N–H and O–H groups in total. The van der Waals surface area contributed by atoms with E-state index in [-0.39, 0.29) is 11.8 Å². The summed E-state index contributed by atoms with van der Waals surface area (Å²) < 4.78 is 4.98. The van der Waals surface area contributed by atoms with Crippen molar-refractivity contribution in [2.45, 2.75) is 25.8 Å². The minimum atomic E-state index is 0.151. The van der Waals surface area contributed by atoms with E-state index < -0.39 is 0 Å². The number of piperidine rings is 1. The molecule has 0 unspecified atom stereocenters. The molecule has 0 spiro atoms. The van der Waals surface area contributed by atoms with Gasteiger partial charge < -0.3 is 10.1 Å². The van der Waals surface area contributed by atoms with Crippen LogP contribution in [0, 0.1) is 5.92 Å². The van der Waals surface area contributed by atoms with Gasteiger partial charge in [0.05, 0.1) is 0 Å². The lowest BCUT2D eigenvalue weighted by atomic mass is 9.95. The Hall–Kier alpha value is -1.10. The van der Waals surface area contributed by atoms with Crippen molar-refractivity contribution in [3.05, 3.63) is 34.9 Å². The van der Waals surface area contributed by atoms with Crippen LogP contribution in [0.5, 0.6) is 0 Å². The second-order valence-electron chi connectivity index (χ2n) is 5.82. The molecule has 1 amide bonds. The predicted octanol–water partition coefficient (Wildman–Crippen LogP) is 2.70. The highest BCUT2D eigenvalue weighted by atomic mass is 35.5. The molecule has 1 saturated heterocycles. The molecule has 0 radical (unpaired) electrons. The number of rotatable bonds is 7. The first-order chi connectivity index (χ1) is 10.7. The molecule has 1 aliphatic heterocycles. The number of hydrogen-bond acceptors (Lipinski definition) is 3. The van der Waals surface area contributed by atoms with Crippen LogP contribution >= 0.6 is 11.6 Å². The largest absolute Gasteiger partial charge is 0.385 e. The lowest BCUT2D eigenvalue weighted by Crippen LogP contribution is -2.40. The summed E-state index contributed by atoms with van der Waals surface area (Å²) in [5.74, 6) is 0.344. The van der Waals surface area contributed by atoms with Gasteiger partial charge in [0, 0.05) is 37.7 Å². The van der Waals surface area contributed by atoms with Crippen LogP contribution in [0.3, 0.4) is 0 Å². The normalized spacial score (nSPS) is 16.6. The second kappa shape index (κ2) is 9.13. The average Bonchev–Trinajstić information content (AvgIpc) is 2.52. The summed E-state index contributed by atoms with van der Waals surface area (Å²) >= 11 is 6.02. The lowest BCUT2D eigenvalue weighted by Gasteiger charge is -2.31. The first-order valence-corrected chi connectivity index (χ1v) is 8.30. The Morgan fingerprint density at radius 3 is 2.86 bits per heavy atom. The molecular formula is C17H25ClN2O2. The molecule has 122 valence electrons. The maximum atomic E-state index is 12.1. The molecule has 2 rings (SSSR count). The molecule has 4 nitrogen and oxygen atoms in total. The third-order valence-corrected chi connectivity index (χ3v) is 4.31. The Kier molecular flexibility index (Phi) is 7.16. The van der Waals surface area contributed by atoms with Gasteiger partial charge in [0.25, 0.3) is 0 Å². The lowest BCUT2D eigenvalue weighted by molar-refractivity contribution is -0.126. The van der Waals surface area contributed by atoms with Gasteiger partial charge in [-0.2, -0.15) is 0 Å². The van der Waals surface area contributed by atoms with Crippen LogP contribution in [-0.2, 0) is 16.1 Å². The minimum absolute atomic E-state index is 0.151. The quantitative estimate of drug-likeness (QED) is 0.784. The Morgan fingerprint density at radius 1 is 1.41 bits per heavy atom. The van der Waals surface area contributed by atoms with E-state index in [4.69, 9.17) is 16.3 Å². The van der Waals surface area contributed by atoms with Gasteiger partial charge in [-0.15, -0.1) is 0 Å². The number of likely N-dealkylation sites (tertiary alicyclic amines) is 1. The number of halogens is 1. The van der Waals surface area contributed by atoms with E-state index >= 15 is 0 Å². The van der Waals surface area contributed by atoms with Crippen LogP contribution in [-0.4, -0.2) is 44.2 Å². The fourth-order valence-electron chi connectivity index (χ4n) is 2.82. The first kappa shape index (κ1) is 17.3. The molecule has 1 aromatic rings. The summed E-state index contributed by atoms with van der Waals surface area (Å²) in [6, 6.07) is 7.99. The zero-order chi connectivity index (χ0) is 15.8. The van der Waals surface area contributed by atoms with Crippen LogP contribution in [0.1, 0.15) is 24.8 Å². The van der Waals surface area contributed by atoms with Crippen molar-refractivity contribution in [2.24, 2.45) is 5.92 Å². The highest BCUT2D eigenvalue weighted by molar-refractivity contribution is 6.30. The maximum absolute atomic E-state index is 12.1. The molecule has 1 heterocycles. The Balaban J connectivity index is 1.70. The van der Waals surface area contributed by atoms with E-state index in [9.17, 15) is 4.79 Å². The topological polar surface area (TPSA) is 41.6 Å². The molecule has 1 fully saturated rings. The zero-order valence-corrected chi connectivity index (χ0v) is 13.9. The van der Waals surface area contributed by atoms with Crippen LogP contribution in [0.15, 0.2) is 24.3 Å². The number of nitrogens with zero attached hydrogens (tertiary/aromatic N) is 1. The molecule has 1 aliphatic rings. The summed E-state index contributed by atoms with van der Waals surface area (Å²) in [6.07, 6.45) is 2.73. The van der Waals surface area contributed by atoms with E-state index in [1.54, 1.807) is 7.11 Å². The van der Waals surface area contributed by atoms with Crippen molar-refractivity contribution in [3.8, 4) is 0 Å². The monoisotopic (exact) mass is 324 g/mol. The first-order valence-electron chi connectivity index (χ1n) is 7.92. The van der Waals surface area contributed by atoms with Crippen molar-refractivity contribution >= 4 is 17.5 Å². The molecule has 1 aromatic carbocycles. The molecule has 0 atom stereocenters. The number of carbonyl (C=O) groups excluding carboxylic acids is 1. The highest BCUT2D eigenvalue weighted by Crippen LogP contribution is 2.20. The van der Waals surface area contributed by atoms with Crippen molar-refractivity contribution in [2.75, 3.05) is 33.4 Å². The smallest absolute Gasteiger partial charge is 0.223 e. The standard InChI is InChI=1S/C17H25ClN2O2/c1-22-11-3-8-19-17(21)15-6-9-20(10-7-15)13-14-4-2-5-16(18)12-14/h2,4-5,12,15H,3,6-11,13H2,1H3,(H,19,21). The molecular weight excluding hydrogens is 300 g/mol. The third-order valence-electron chi connectivity index (χ3n) is 4.08. The Morgan fingerprint density at radius 2 is 2.18 bits per heavy atom. The number of nitrogens with one attached hydrogen (secondary N) is 1. The fourth-order valence-corrected chi connectivity index (χ4v) is 3.03. The van der Waals surface area contributed by atoms with E-state index in [1.165, 1.54) is 5.56 Å². The summed E-state index contributed by atoms with van der Waals surface area (Å²) in [4.78, 5) is 14.5. The molecule has 0 bridgehead atoms. The van der Waals surface area contributed by atoms with E-state index in [2.05, 4.69) is 16.3 Å². The fraction of sp³-hybridized carbons (Fsp3) is 0.588. The van der Waals surface area contributed by atoms with E-state index in [0.29, 0.717) is 13.2 Å². The van der Waals surface area contributed by atoms with Gasteiger partial charge in [-0.1, -0.05) is 23.7 Å². The summed E-state index contributed by atoms with van der Waals surface area (Å²) in [7, 11) is 1.68. The number of carbonyl (C=O) groups is 1. The Bertz CT molecular complexity index is 473. The van der Waals surface area contributed by atoms with Crippen molar-refractivity contribution in [1.29, 1.82) is 0 Å². The molecule has 0 saturated carbocycles. The van der Waals surface area contributed by atoms with Crippen LogP contribution in [0.25, 0.3) is 0 Å². The maximum Gasteiger partial charge on any atom is 0.223 e. The van der Waals surface area contributed by atoms with Gasteiger partial charge in [0.2, 0.25) is 5.91 Å². The summed E-state index contributed by atoms with van der Waals surface area (Å²) in [5, 5.41) is 3.78. The molecule has 22 heavy (non-hydrogen) atoms. The molecule has 5 heteroatoms. The number of benzene rings is 1. The van der Waals surface area contributed by atoms with Gasteiger partial charge in [-0.05, 0) is 50.0 Å². The number of hydrogen-bond donors (Lipinski definition) is 1. The highest BCUT2D eigenvalue weighted by Gasteiger charge is 2.24. The third kappa shape index (κ3) is 5.59. The van der Waals surface area contributed by atoms with Crippen molar-refractivity contribution in [3.63, 3.8) is 0 Å². The Labute approximate surface area is 137 Å². The number of ether oxygens (including phenoxy) is 1. The van der Waals surface area contributed by atoms with Crippen LogP contribution in [0.2, 0.25) is 5.02 Å². The molecule has 0 aromatic heterocycles. The predicted molar refractivity (Wildman–Crippen MR) is 89.0 cm³/mol. The van der Waals surface area contributed by atoms with Crippen molar-refractivity contribution in [1.82, 2.24) is 10.2 Å². The van der Waals surface area contributed by atoms with Crippen LogP contribution < -0.4 is 5.32 Å². The van der Waals surface area contributed by atoms with Gasteiger partial charge >= 0.3 is 0 Å². The van der Waals surface area contributed by atoms with Gasteiger partial charge in [0.1, 0.15) is 0 Å². The number of amides is 1. The van der Waals surface area contributed by atoms with Crippen LogP contribution in [0.4, 0.5) is 0 Å². The van der Waals surface area contributed by atoms with E-state index in [0.717, 1.165) is 43.9 Å².